The Morgan fingerprint density at radius 1 is 0.800 bits per heavy atom. The highest BCUT2D eigenvalue weighted by molar-refractivity contribution is 5.20. The SMILES string of the molecule is Cc1cccc(C)c1.Cc1cccnc1. The van der Waals surface area contributed by atoms with E-state index in [1.807, 2.05) is 25.3 Å². The van der Waals surface area contributed by atoms with E-state index in [2.05, 4.69) is 43.1 Å². The molecule has 0 N–H and O–H groups in total. The number of nitrogens with zero attached hydrogens (tertiary/aromatic N) is 1. The standard InChI is InChI=1S/C8H10.C6H7N/c1-7-4-3-5-8(2)6-7;1-6-3-2-4-7-5-6/h3-6H,1-2H3;2-5H,1H3. The van der Waals surface area contributed by atoms with Gasteiger partial charge in [-0.05, 0) is 32.4 Å². The van der Waals surface area contributed by atoms with Crippen molar-refractivity contribution in [1.29, 1.82) is 0 Å². The Labute approximate surface area is 91.8 Å². The Bertz CT molecular complexity index is 376. The molecule has 0 saturated carbocycles. The molecule has 0 fully saturated rings. The summed E-state index contributed by atoms with van der Waals surface area (Å²) in [7, 11) is 0. The molecule has 1 nitrogen and oxygen atoms in total. The van der Waals surface area contributed by atoms with Gasteiger partial charge in [0.15, 0.2) is 0 Å². The van der Waals surface area contributed by atoms with Crippen LogP contribution in [-0.4, -0.2) is 4.98 Å². The van der Waals surface area contributed by atoms with Gasteiger partial charge in [-0.25, -0.2) is 0 Å². The zero-order valence-corrected chi connectivity index (χ0v) is 9.57. The van der Waals surface area contributed by atoms with Crippen LogP contribution in [0.25, 0.3) is 0 Å². The summed E-state index contributed by atoms with van der Waals surface area (Å²) in [5.74, 6) is 0. The zero-order chi connectivity index (χ0) is 11.1. The average molecular weight is 199 g/mol. The minimum absolute atomic E-state index is 1.21. The molecule has 1 heteroatoms. The molecule has 0 unspecified atom stereocenters. The summed E-state index contributed by atoms with van der Waals surface area (Å²) in [5.41, 5.74) is 3.89. The van der Waals surface area contributed by atoms with Crippen molar-refractivity contribution in [2.75, 3.05) is 0 Å². The summed E-state index contributed by atoms with van der Waals surface area (Å²) in [6, 6.07) is 12.4. The second-order valence-corrected chi connectivity index (χ2v) is 3.69. The van der Waals surface area contributed by atoms with E-state index in [4.69, 9.17) is 0 Å². The van der Waals surface area contributed by atoms with Crippen LogP contribution in [0.2, 0.25) is 0 Å². The van der Waals surface area contributed by atoms with Gasteiger partial charge in [-0.15, -0.1) is 0 Å². The van der Waals surface area contributed by atoms with Crippen molar-refractivity contribution < 1.29 is 0 Å². The predicted octanol–water partition coefficient (Wildman–Crippen LogP) is 3.69. The molecule has 2 rings (SSSR count). The summed E-state index contributed by atoms with van der Waals surface area (Å²) >= 11 is 0. The molecule has 0 saturated heterocycles. The molecular formula is C14H17N. The van der Waals surface area contributed by atoms with Crippen LogP contribution >= 0.6 is 0 Å². The maximum atomic E-state index is 3.88. The van der Waals surface area contributed by atoms with Crippen molar-refractivity contribution in [2.45, 2.75) is 20.8 Å². The molecule has 0 bridgehead atoms. The monoisotopic (exact) mass is 199 g/mol. The third kappa shape index (κ3) is 4.96. The normalized spacial score (nSPS) is 9.00. The number of hydrogen-bond acceptors (Lipinski definition) is 1. The second-order valence-electron chi connectivity index (χ2n) is 3.69. The second kappa shape index (κ2) is 5.97. The van der Waals surface area contributed by atoms with E-state index < -0.39 is 0 Å². The van der Waals surface area contributed by atoms with Gasteiger partial charge < -0.3 is 0 Å². The van der Waals surface area contributed by atoms with Crippen molar-refractivity contribution >= 4 is 0 Å². The number of aryl methyl sites for hydroxylation is 3. The molecule has 78 valence electrons. The highest BCUT2D eigenvalue weighted by Gasteiger charge is 1.80. The number of hydrogen-bond donors (Lipinski definition) is 0. The van der Waals surface area contributed by atoms with Gasteiger partial charge in [-0.2, -0.15) is 0 Å². The summed E-state index contributed by atoms with van der Waals surface area (Å²) in [5, 5.41) is 0. The third-order valence-electron chi connectivity index (χ3n) is 1.98. The van der Waals surface area contributed by atoms with Crippen LogP contribution in [0.4, 0.5) is 0 Å². The summed E-state index contributed by atoms with van der Waals surface area (Å²) in [4.78, 5) is 3.88. The van der Waals surface area contributed by atoms with Crippen LogP contribution in [0.15, 0.2) is 48.8 Å². The molecule has 0 aliphatic rings. The molecule has 1 aromatic heterocycles. The zero-order valence-electron chi connectivity index (χ0n) is 9.57. The van der Waals surface area contributed by atoms with Gasteiger partial charge in [0, 0.05) is 12.4 Å². The number of pyridine rings is 1. The molecule has 0 atom stereocenters. The van der Waals surface area contributed by atoms with Gasteiger partial charge in [0.25, 0.3) is 0 Å². The van der Waals surface area contributed by atoms with E-state index in [0.717, 1.165) is 0 Å². The van der Waals surface area contributed by atoms with Crippen LogP contribution in [0.1, 0.15) is 16.7 Å². The lowest BCUT2D eigenvalue weighted by Crippen LogP contribution is -1.71. The van der Waals surface area contributed by atoms with E-state index in [-0.39, 0.29) is 0 Å². The van der Waals surface area contributed by atoms with Crippen molar-refractivity contribution in [1.82, 2.24) is 4.98 Å². The fraction of sp³-hybridized carbons (Fsp3) is 0.214. The average Bonchev–Trinajstić information content (AvgIpc) is 2.19. The Kier molecular flexibility index (Phi) is 4.55. The van der Waals surface area contributed by atoms with E-state index >= 15 is 0 Å². The summed E-state index contributed by atoms with van der Waals surface area (Å²) in [6.45, 7) is 6.23. The molecule has 1 aromatic carbocycles. The van der Waals surface area contributed by atoms with E-state index in [9.17, 15) is 0 Å². The highest BCUT2D eigenvalue weighted by Crippen LogP contribution is 2.00. The van der Waals surface area contributed by atoms with E-state index in [1.54, 1.807) is 6.20 Å². The number of rotatable bonds is 0. The minimum atomic E-state index is 1.21. The van der Waals surface area contributed by atoms with Crippen molar-refractivity contribution in [3.05, 3.63) is 65.5 Å². The highest BCUT2D eigenvalue weighted by atomic mass is 14.6. The first-order chi connectivity index (χ1) is 7.18. The molecule has 0 aliphatic carbocycles. The molecule has 15 heavy (non-hydrogen) atoms. The van der Waals surface area contributed by atoms with Gasteiger partial charge in [-0.3, -0.25) is 4.98 Å². The molecule has 1 heterocycles. The minimum Gasteiger partial charge on any atom is -0.264 e. The molecule has 0 spiro atoms. The summed E-state index contributed by atoms with van der Waals surface area (Å²) in [6.07, 6.45) is 3.60. The Morgan fingerprint density at radius 3 is 1.67 bits per heavy atom. The quantitative estimate of drug-likeness (QED) is 0.630. The smallest absolute Gasteiger partial charge is 0.0297 e. The Balaban J connectivity index is 0.000000151. The topological polar surface area (TPSA) is 12.9 Å². The third-order valence-corrected chi connectivity index (χ3v) is 1.98. The fourth-order valence-electron chi connectivity index (χ4n) is 1.26. The van der Waals surface area contributed by atoms with Crippen molar-refractivity contribution in [2.24, 2.45) is 0 Å². The first-order valence-electron chi connectivity index (χ1n) is 5.08. The van der Waals surface area contributed by atoms with E-state index in [0.29, 0.717) is 0 Å². The van der Waals surface area contributed by atoms with Crippen LogP contribution in [0.3, 0.4) is 0 Å². The van der Waals surface area contributed by atoms with Crippen molar-refractivity contribution in [3.63, 3.8) is 0 Å². The number of aromatic nitrogens is 1. The van der Waals surface area contributed by atoms with Crippen LogP contribution in [0, 0.1) is 20.8 Å². The van der Waals surface area contributed by atoms with Crippen molar-refractivity contribution in [3.8, 4) is 0 Å². The Hall–Kier alpha value is -1.63. The first kappa shape index (κ1) is 11.4. The maximum Gasteiger partial charge on any atom is 0.0297 e. The molecule has 2 aromatic rings. The lowest BCUT2D eigenvalue weighted by Gasteiger charge is -1.90. The van der Waals surface area contributed by atoms with Gasteiger partial charge in [-0.1, -0.05) is 41.5 Å². The molecule has 0 aliphatic heterocycles. The van der Waals surface area contributed by atoms with Gasteiger partial charge >= 0.3 is 0 Å². The lowest BCUT2D eigenvalue weighted by molar-refractivity contribution is 1.27. The van der Waals surface area contributed by atoms with E-state index in [1.165, 1.54) is 16.7 Å². The predicted molar refractivity (Wildman–Crippen MR) is 64.9 cm³/mol. The van der Waals surface area contributed by atoms with Crippen LogP contribution in [-0.2, 0) is 0 Å². The molecule has 0 radical (unpaired) electrons. The molecular weight excluding hydrogens is 182 g/mol. The van der Waals surface area contributed by atoms with Gasteiger partial charge in [0.2, 0.25) is 0 Å². The van der Waals surface area contributed by atoms with Crippen LogP contribution in [0.5, 0.6) is 0 Å². The maximum absolute atomic E-state index is 3.88. The van der Waals surface area contributed by atoms with Gasteiger partial charge in [0.1, 0.15) is 0 Å². The Morgan fingerprint density at radius 2 is 1.40 bits per heavy atom. The first-order valence-corrected chi connectivity index (χ1v) is 5.08. The molecule has 0 amide bonds. The lowest BCUT2D eigenvalue weighted by atomic mass is 10.2. The largest absolute Gasteiger partial charge is 0.264 e. The summed E-state index contributed by atoms with van der Waals surface area (Å²) < 4.78 is 0. The van der Waals surface area contributed by atoms with Crippen LogP contribution < -0.4 is 0 Å². The number of benzene rings is 1. The fourth-order valence-corrected chi connectivity index (χ4v) is 1.26. The van der Waals surface area contributed by atoms with Gasteiger partial charge in [0.05, 0.1) is 0 Å².